The zero-order chi connectivity index (χ0) is 20.9. The van der Waals surface area contributed by atoms with Crippen LogP contribution in [-0.4, -0.2) is 37.2 Å². The SMILES string of the molecule is COc1ccc(C2(CNCc3ccc([NH+]([O-])O)cc3)CCC(O)CC2)cc1OC. The fourth-order valence-electron chi connectivity index (χ4n) is 4.10. The minimum atomic E-state index is -0.919. The molecule has 7 heteroatoms. The Morgan fingerprint density at radius 1 is 1.07 bits per heavy atom. The number of benzene rings is 2. The van der Waals surface area contributed by atoms with Gasteiger partial charge in [0.1, 0.15) is 0 Å². The summed E-state index contributed by atoms with van der Waals surface area (Å²) in [5.41, 5.74) is 2.40. The molecule has 0 bridgehead atoms. The van der Waals surface area contributed by atoms with E-state index >= 15 is 0 Å². The maximum Gasteiger partial charge on any atom is 0.163 e. The first kappa shape index (κ1) is 21.5. The van der Waals surface area contributed by atoms with Crippen molar-refractivity contribution in [1.29, 1.82) is 0 Å². The van der Waals surface area contributed by atoms with Gasteiger partial charge in [-0.15, -0.1) is 0 Å². The molecule has 0 heterocycles. The zero-order valence-electron chi connectivity index (χ0n) is 17.0. The Hall–Kier alpha value is -2.16. The largest absolute Gasteiger partial charge is 0.595 e. The third-order valence-corrected chi connectivity index (χ3v) is 5.90. The fraction of sp³-hybridized carbons (Fsp3) is 0.455. The Labute approximate surface area is 171 Å². The Morgan fingerprint density at radius 2 is 1.72 bits per heavy atom. The standard InChI is InChI=1S/C22H30N2O5/c1-28-20-8-5-17(13-21(20)29-2)22(11-9-19(25)10-12-22)15-23-14-16-3-6-18(7-4-16)24(26)27/h3-8,13,19,23-26H,9-12,14-15H2,1-2H3. The fourth-order valence-corrected chi connectivity index (χ4v) is 4.10. The second-order valence-electron chi connectivity index (χ2n) is 7.69. The predicted molar refractivity (Wildman–Crippen MR) is 110 cm³/mol. The number of hydrogen-bond donors (Lipinski definition) is 4. The lowest BCUT2D eigenvalue weighted by Crippen LogP contribution is -2.99. The van der Waals surface area contributed by atoms with Crippen LogP contribution >= 0.6 is 0 Å². The smallest absolute Gasteiger partial charge is 0.163 e. The molecule has 3 rings (SSSR count). The molecular formula is C22H30N2O5. The van der Waals surface area contributed by atoms with Crippen LogP contribution in [0.1, 0.15) is 36.8 Å². The topological polar surface area (TPSA) is 98.5 Å². The van der Waals surface area contributed by atoms with E-state index in [4.69, 9.17) is 14.7 Å². The highest BCUT2D eigenvalue weighted by molar-refractivity contribution is 5.45. The first-order chi connectivity index (χ1) is 14.0. The van der Waals surface area contributed by atoms with Gasteiger partial charge in [-0.25, -0.2) is 5.21 Å². The molecule has 1 atom stereocenters. The second-order valence-corrected chi connectivity index (χ2v) is 7.69. The summed E-state index contributed by atoms with van der Waals surface area (Å²) in [5.74, 6) is 1.41. The maximum atomic E-state index is 11.0. The normalized spacial score (nSPS) is 22.9. The number of rotatable bonds is 8. The summed E-state index contributed by atoms with van der Waals surface area (Å²) < 4.78 is 10.9. The molecule has 0 spiro atoms. The van der Waals surface area contributed by atoms with Crippen LogP contribution in [0.5, 0.6) is 11.5 Å². The molecule has 1 aliphatic carbocycles. The third-order valence-electron chi connectivity index (χ3n) is 5.90. The molecule has 158 valence electrons. The summed E-state index contributed by atoms with van der Waals surface area (Å²) >= 11 is 0. The quantitative estimate of drug-likeness (QED) is 0.505. The molecule has 0 radical (unpaired) electrons. The van der Waals surface area contributed by atoms with Crippen LogP contribution in [0.2, 0.25) is 0 Å². The van der Waals surface area contributed by atoms with E-state index < -0.39 is 5.23 Å². The average Bonchev–Trinajstić information content (AvgIpc) is 2.75. The van der Waals surface area contributed by atoms with Crippen LogP contribution in [0, 0.1) is 5.21 Å². The summed E-state index contributed by atoms with van der Waals surface area (Å²) in [4.78, 5) is 0. The number of aliphatic hydroxyl groups excluding tert-OH is 1. The van der Waals surface area contributed by atoms with Gasteiger partial charge >= 0.3 is 0 Å². The van der Waals surface area contributed by atoms with E-state index in [0.717, 1.165) is 37.8 Å². The van der Waals surface area contributed by atoms with Crippen LogP contribution in [0.25, 0.3) is 0 Å². The molecule has 4 N–H and O–H groups in total. The van der Waals surface area contributed by atoms with E-state index in [2.05, 4.69) is 11.4 Å². The summed E-state index contributed by atoms with van der Waals surface area (Å²) in [5, 5.41) is 32.7. The maximum absolute atomic E-state index is 11.0. The predicted octanol–water partition coefficient (Wildman–Crippen LogP) is 2.07. The molecule has 0 saturated heterocycles. The first-order valence-corrected chi connectivity index (χ1v) is 9.91. The highest BCUT2D eigenvalue weighted by atomic mass is 16.8. The van der Waals surface area contributed by atoms with Crippen molar-refractivity contribution >= 4 is 5.69 Å². The van der Waals surface area contributed by atoms with Crippen LogP contribution in [0.4, 0.5) is 5.69 Å². The van der Waals surface area contributed by atoms with Crippen molar-refractivity contribution in [3.05, 3.63) is 58.8 Å². The van der Waals surface area contributed by atoms with Crippen molar-refractivity contribution in [3.8, 4) is 11.5 Å². The van der Waals surface area contributed by atoms with Crippen LogP contribution in [0.15, 0.2) is 42.5 Å². The van der Waals surface area contributed by atoms with E-state index in [1.165, 1.54) is 5.56 Å². The van der Waals surface area contributed by atoms with E-state index in [1.54, 1.807) is 26.4 Å². The average molecular weight is 402 g/mol. The van der Waals surface area contributed by atoms with Gasteiger partial charge in [0.25, 0.3) is 0 Å². The third kappa shape index (κ3) is 5.07. The van der Waals surface area contributed by atoms with Crippen molar-refractivity contribution in [1.82, 2.24) is 5.32 Å². The first-order valence-electron chi connectivity index (χ1n) is 9.91. The second kappa shape index (κ2) is 9.56. The number of methoxy groups -OCH3 is 2. The van der Waals surface area contributed by atoms with Crippen molar-refractivity contribution in [2.75, 3.05) is 20.8 Å². The van der Waals surface area contributed by atoms with Gasteiger partial charge in [-0.2, -0.15) is 5.23 Å². The van der Waals surface area contributed by atoms with Gasteiger partial charge in [0, 0.05) is 30.6 Å². The highest BCUT2D eigenvalue weighted by Crippen LogP contribution is 2.42. The summed E-state index contributed by atoms with van der Waals surface area (Å²) in [7, 11) is 3.26. The Kier molecular flexibility index (Phi) is 7.10. The van der Waals surface area contributed by atoms with Gasteiger partial charge in [-0.05, 0) is 48.9 Å². The zero-order valence-corrected chi connectivity index (χ0v) is 17.0. The van der Waals surface area contributed by atoms with E-state index in [-0.39, 0.29) is 17.2 Å². The van der Waals surface area contributed by atoms with Crippen LogP contribution in [0.3, 0.4) is 0 Å². The number of quaternary nitrogens is 1. The molecular weight excluding hydrogens is 372 g/mol. The van der Waals surface area contributed by atoms with Crippen LogP contribution in [-0.2, 0) is 12.0 Å². The minimum absolute atomic E-state index is 0.0974. The van der Waals surface area contributed by atoms with Gasteiger partial charge in [0.2, 0.25) is 0 Å². The Balaban J connectivity index is 1.75. The molecule has 0 aromatic heterocycles. The summed E-state index contributed by atoms with van der Waals surface area (Å²) in [6, 6.07) is 13.0. The number of nitrogens with one attached hydrogen (secondary N) is 2. The van der Waals surface area contributed by atoms with Gasteiger partial charge < -0.3 is 25.1 Å². The lowest BCUT2D eigenvalue weighted by molar-refractivity contribution is -0.991. The van der Waals surface area contributed by atoms with Gasteiger partial charge in [0.05, 0.1) is 20.3 Å². The van der Waals surface area contributed by atoms with Gasteiger partial charge in [0.15, 0.2) is 17.2 Å². The van der Waals surface area contributed by atoms with Crippen LogP contribution < -0.4 is 20.0 Å². The molecule has 1 unspecified atom stereocenters. The van der Waals surface area contributed by atoms with E-state index in [9.17, 15) is 10.3 Å². The monoisotopic (exact) mass is 402 g/mol. The van der Waals surface area contributed by atoms with Gasteiger partial charge in [-0.3, -0.25) is 0 Å². The van der Waals surface area contributed by atoms with Crippen molar-refractivity contribution in [2.45, 2.75) is 43.7 Å². The molecule has 1 saturated carbocycles. The van der Waals surface area contributed by atoms with Crippen molar-refractivity contribution in [2.24, 2.45) is 0 Å². The molecule has 7 nitrogen and oxygen atoms in total. The van der Waals surface area contributed by atoms with Crippen molar-refractivity contribution < 1.29 is 25.0 Å². The molecule has 29 heavy (non-hydrogen) atoms. The molecule has 1 fully saturated rings. The van der Waals surface area contributed by atoms with Gasteiger partial charge in [-0.1, -0.05) is 18.2 Å². The highest BCUT2D eigenvalue weighted by Gasteiger charge is 2.36. The summed E-state index contributed by atoms with van der Waals surface area (Å²) in [6.07, 6.45) is 3.06. The number of aliphatic hydroxyl groups is 1. The van der Waals surface area contributed by atoms with Crippen molar-refractivity contribution in [3.63, 3.8) is 0 Å². The number of hydrogen-bond acceptors (Lipinski definition) is 6. The molecule has 1 aliphatic rings. The molecule has 2 aromatic carbocycles. The summed E-state index contributed by atoms with van der Waals surface area (Å²) in [6.45, 7) is 1.41. The minimum Gasteiger partial charge on any atom is -0.595 e. The lowest BCUT2D eigenvalue weighted by atomic mass is 9.68. The lowest BCUT2D eigenvalue weighted by Gasteiger charge is -2.40. The Bertz CT molecular complexity index is 786. The molecule has 2 aromatic rings. The molecule has 0 aliphatic heterocycles. The molecule has 0 amide bonds. The van der Waals surface area contributed by atoms with E-state index in [1.807, 2.05) is 24.3 Å². The van der Waals surface area contributed by atoms with E-state index in [0.29, 0.717) is 18.0 Å². The Morgan fingerprint density at radius 3 is 2.31 bits per heavy atom. The number of ether oxygens (including phenoxy) is 2.